The van der Waals surface area contributed by atoms with Gasteiger partial charge in [-0.2, -0.15) is 0 Å². The van der Waals surface area contributed by atoms with E-state index in [0.29, 0.717) is 0 Å². The SMILES string of the molecule is Cc1cc(C)c(C(=O)P(C)c2cccc3ccccc23)c(C)c1. The van der Waals surface area contributed by atoms with E-state index in [9.17, 15) is 4.79 Å². The van der Waals surface area contributed by atoms with E-state index in [1.54, 1.807) is 0 Å². The molecule has 0 aliphatic carbocycles. The molecule has 0 aliphatic heterocycles. The fraction of sp³-hybridized carbons (Fsp3) is 0.190. The number of carbonyl (C=O) groups excluding carboxylic acids is 1. The first-order valence-corrected chi connectivity index (χ1v) is 9.61. The van der Waals surface area contributed by atoms with E-state index in [4.69, 9.17) is 0 Å². The molecule has 0 saturated carbocycles. The Bertz CT molecular complexity index is 867. The van der Waals surface area contributed by atoms with Gasteiger partial charge in [0, 0.05) is 5.56 Å². The van der Waals surface area contributed by atoms with Gasteiger partial charge in [-0.05, 0) is 62.6 Å². The van der Waals surface area contributed by atoms with Gasteiger partial charge in [-0.15, -0.1) is 0 Å². The summed E-state index contributed by atoms with van der Waals surface area (Å²) in [6, 6.07) is 18.8. The third-order valence-electron chi connectivity index (χ3n) is 4.32. The van der Waals surface area contributed by atoms with Gasteiger partial charge in [0.15, 0.2) is 5.52 Å². The Kier molecular flexibility index (Phi) is 4.33. The van der Waals surface area contributed by atoms with Crippen LogP contribution in [0.5, 0.6) is 0 Å². The van der Waals surface area contributed by atoms with Crippen LogP contribution in [0.2, 0.25) is 0 Å². The maximum absolute atomic E-state index is 13.2. The number of rotatable bonds is 3. The monoisotopic (exact) mass is 320 g/mol. The first-order chi connectivity index (χ1) is 11.0. The number of hydrogen-bond acceptors (Lipinski definition) is 1. The quantitative estimate of drug-likeness (QED) is 0.595. The van der Waals surface area contributed by atoms with Crippen molar-refractivity contribution in [2.45, 2.75) is 20.8 Å². The van der Waals surface area contributed by atoms with Crippen LogP contribution in [0, 0.1) is 20.8 Å². The zero-order valence-electron chi connectivity index (χ0n) is 14.1. The lowest BCUT2D eigenvalue weighted by molar-refractivity contribution is 0.108. The number of hydrogen-bond donors (Lipinski definition) is 0. The van der Waals surface area contributed by atoms with Crippen molar-refractivity contribution in [3.63, 3.8) is 0 Å². The van der Waals surface area contributed by atoms with Crippen molar-refractivity contribution in [1.29, 1.82) is 0 Å². The fourth-order valence-electron chi connectivity index (χ4n) is 3.30. The summed E-state index contributed by atoms with van der Waals surface area (Å²) in [4.78, 5) is 13.2. The molecule has 0 fully saturated rings. The van der Waals surface area contributed by atoms with Gasteiger partial charge in [0.1, 0.15) is 0 Å². The molecule has 0 saturated heterocycles. The molecule has 0 N–H and O–H groups in total. The minimum atomic E-state index is -0.894. The van der Waals surface area contributed by atoms with Gasteiger partial charge in [0.25, 0.3) is 0 Å². The molecule has 2 heteroatoms. The van der Waals surface area contributed by atoms with Crippen molar-refractivity contribution in [3.05, 3.63) is 76.9 Å². The van der Waals surface area contributed by atoms with Crippen LogP contribution in [0.15, 0.2) is 54.6 Å². The lowest BCUT2D eigenvalue weighted by Gasteiger charge is -2.17. The molecule has 1 nitrogen and oxygen atoms in total. The number of fused-ring (bicyclic) bond motifs is 1. The number of carbonyl (C=O) groups is 1. The summed E-state index contributed by atoms with van der Waals surface area (Å²) in [5.41, 5.74) is 4.55. The molecule has 3 aromatic rings. The summed E-state index contributed by atoms with van der Waals surface area (Å²) in [6.45, 7) is 8.24. The molecule has 116 valence electrons. The highest BCUT2D eigenvalue weighted by molar-refractivity contribution is 7.81. The second-order valence-electron chi connectivity index (χ2n) is 6.14. The van der Waals surface area contributed by atoms with Crippen molar-refractivity contribution in [2.75, 3.05) is 6.66 Å². The Morgan fingerprint density at radius 1 is 0.870 bits per heavy atom. The molecular formula is C21H21OP. The van der Waals surface area contributed by atoms with Gasteiger partial charge < -0.3 is 0 Å². The summed E-state index contributed by atoms with van der Waals surface area (Å²) in [5, 5.41) is 3.56. The Hall–Kier alpha value is -1.98. The van der Waals surface area contributed by atoms with E-state index in [1.165, 1.54) is 21.6 Å². The van der Waals surface area contributed by atoms with Crippen LogP contribution in [-0.2, 0) is 0 Å². The van der Waals surface area contributed by atoms with Crippen molar-refractivity contribution in [3.8, 4) is 0 Å². The molecule has 1 unspecified atom stereocenters. The minimum absolute atomic E-state index is 0.270. The lowest BCUT2D eigenvalue weighted by Crippen LogP contribution is -2.12. The predicted octanol–water partition coefficient (Wildman–Crippen LogP) is 5.34. The van der Waals surface area contributed by atoms with Crippen LogP contribution >= 0.6 is 7.92 Å². The maximum atomic E-state index is 13.2. The molecule has 0 amide bonds. The van der Waals surface area contributed by atoms with Gasteiger partial charge in [0.05, 0.1) is 0 Å². The number of aryl methyl sites for hydroxylation is 3. The summed E-state index contributed by atoms with van der Waals surface area (Å²) in [5.74, 6) is 0. The Morgan fingerprint density at radius 3 is 2.17 bits per heavy atom. The molecule has 0 radical (unpaired) electrons. The topological polar surface area (TPSA) is 17.1 Å². The third-order valence-corrected chi connectivity index (χ3v) is 6.27. The van der Waals surface area contributed by atoms with Gasteiger partial charge >= 0.3 is 0 Å². The Balaban J connectivity index is 2.09. The van der Waals surface area contributed by atoms with Gasteiger partial charge in [-0.3, -0.25) is 4.79 Å². The molecule has 0 heterocycles. The number of benzene rings is 3. The zero-order valence-corrected chi connectivity index (χ0v) is 14.9. The van der Waals surface area contributed by atoms with Crippen LogP contribution in [0.4, 0.5) is 0 Å². The predicted molar refractivity (Wildman–Crippen MR) is 101 cm³/mol. The Labute approximate surface area is 139 Å². The van der Waals surface area contributed by atoms with Crippen molar-refractivity contribution in [1.82, 2.24) is 0 Å². The van der Waals surface area contributed by atoms with Gasteiger partial charge in [-0.25, -0.2) is 0 Å². The first kappa shape index (κ1) is 15.9. The van der Waals surface area contributed by atoms with Gasteiger partial charge in [0.2, 0.25) is 0 Å². The van der Waals surface area contributed by atoms with Gasteiger partial charge in [-0.1, -0.05) is 60.2 Å². The summed E-state index contributed by atoms with van der Waals surface area (Å²) in [6.07, 6.45) is 0. The van der Waals surface area contributed by atoms with E-state index in [2.05, 4.69) is 56.1 Å². The summed E-state index contributed by atoms with van der Waals surface area (Å²) in [7, 11) is -0.894. The van der Waals surface area contributed by atoms with E-state index in [0.717, 1.165) is 16.7 Å². The Morgan fingerprint density at radius 2 is 1.48 bits per heavy atom. The highest BCUT2D eigenvalue weighted by atomic mass is 31.1. The average Bonchev–Trinajstić information content (AvgIpc) is 2.52. The smallest absolute Gasteiger partial charge is 0.188 e. The summed E-state index contributed by atoms with van der Waals surface area (Å²) < 4.78 is 0. The molecule has 0 spiro atoms. The zero-order chi connectivity index (χ0) is 16.6. The second kappa shape index (κ2) is 6.26. The molecule has 0 aliphatic rings. The lowest BCUT2D eigenvalue weighted by atomic mass is 10.0. The second-order valence-corrected chi connectivity index (χ2v) is 8.14. The van der Waals surface area contributed by atoms with Crippen LogP contribution < -0.4 is 5.30 Å². The normalized spacial score (nSPS) is 12.3. The minimum Gasteiger partial charge on any atom is -0.289 e. The largest absolute Gasteiger partial charge is 0.289 e. The molecule has 23 heavy (non-hydrogen) atoms. The van der Waals surface area contributed by atoms with Crippen molar-refractivity contribution in [2.24, 2.45) is 0 Å². The van der Waals surface area contributed by atoms with E-state index >= 15 is 0 Å². The van der Waals surface area contributed by atoms with Crippen molar-refractivity contribution < 1.29 is 4.79 Å². The highest BCUT2D eigenvalue weighted by Crippen LogP contribution is 2.38. The molecule has 3 aromatic carbocycles. The summed E-state index contributed by atoms with van der Waals surface area (Å²) >= 11 is 0. The average molecular weight is 320 g/mol. The standard InChI is InChI=1S/C21H21OP/c1-14-12-15(2)20(16(3)13-14)21(22)23(4)19-11-7-9-17-8-5-6-10-18(17)19/h5-13H,1-4H3. The van der Waals surface area contributed by atoms with Crippen LogP contribution in [0.25, 0.3) is 10.8 Å². The molecule has 1 atom stereocenters. The first-order valence-electron chi connectivity index (χ1n) is 7.82. The van der Waals surface area contributed by atoms with E-state index < -0.39 is 7.92 Å². The maximum Gasteiger partial charge on any atom is 0.188 e. The van der Waals surface area contributed by atoms with E-state index in [-0.39, 0.29) is 5.52 Å². The fourth-order valence-corrected chi connectivity index (χ4v) is 5.08. The van der Waals surface area contributed by atoms with Crippen LogP contribution in [0.1, 0.15) is 27.0 Å². The van der Waals surface area contributed by atoms with Crippen LogP contribution in [-0.4, -0.2) is 12.2 Å². The molecule has 3 rings (SSSR count). The molecular weight excluding hydrogens is 299 g/mol. The van der Waals surface area contributed by atoms with Crippen LogP contribution in [0.3, 0.4) is 0 Å². The third kappa shape index (κ3) is 2.94. The highest BCUT2D eigenvalue weighted by Gasteiger charge is 2.22. The molecule has 0 aromatic heterocycles. The molecule has 0 bridgehead atoms. The van der Waals surface area contributed by atoms with Crippen molar-refractivity contribution >= 4 is 29.5 Å². The van der Waals surface area contributed by atoms with E-state index in [1.807, 2.05) is 26.0 Å².